The normalized spacial score (nSPS) is 11.4. The quantitative estimate of drug-likeness (QED) is 0.572. The number of sulfonamides is 1. The standard InChI is InChI=1S/C17H16ClN3O2S3/c18-15-9-5-4-8-14(15)12-26(22,23)21-17-20-19-16(25-17)11-24-10-13-6-2-1-3-7-13/h1-9H,10-12H2,(H,20,21). The van der Waals surface area contributed by atoms with Gasteiger partial charge in [0.2, 0.25) is 15.2 Å². The smallest absolute Gasteiger partial charge is 0.238 e. The van der Waals surface area contributed by atoms with Crippen LogP contribution in [0.2, 0.25) is 5.02 Å². The third-order valence-corrected chi connectivity index (χ3v) is 7.08. The fourth-order valence-electron chi connectivity index (χ4n) is 2.17. The number of halogens is 1. The van der Waals surface area contributed by atoms with Crippen molar-refractivity contribution in [1.82, 2.24) is 10.2 Å². The van der Waals surface area contributed by atoms with Gasteiger partial charge in [-0.05, 0) is 17.2 Å². The van der Waals surface area contributed by atoms with Crippen molar-refractivity contribution < 1.29 is 8.42 Å². The molecule has 136 valence electrons. The number of anilines is 1. The molecule has 0 saturated carbocycles. The van der Waals surface area contributed by atoms with Gasteiger partial charge in [-0.15, -0.1) is 22.0 Å². The molecule has 0 aliphatic heterocycles. The number of nitrogens with zero attached hydrogens (tertiary/aromatic N) is 2. The lowest BCUT2D eigenvalue weighted by Gasteiger charge is -2.06. The average Bonchev–Trinajstić information content (AvgIpc) is 3.04. The molecule has 0 saturated heterocycles. The second-order valence-corrected chi connectivity index (χ2v) is 9.61. The van der Waals surface area contributed by atoms with E-state index in [-0.39, 0.29) is 10.9 Å². The van der Waals surface area contributed by atoms with Gasteiger partial charge in [-0.25, -0.2) is 8.42 Å². The summed E-state index contributed by atoms with van der Waals surface area (Å²) in [6, 6.07) is 17.0. The Labute approximate surface area is 165 Å². The first-order valence-electron chi connectivity index (χ1n) is 7.70. The second kappa shape index (κ2) is 8.85. The highest BCUT2D eigenvalue weighted by atomic mass is 35.5. The van der Waals surface area contributed by atoms with Crippen LogP contribution in [0.25, 0.3) is 0 Å². The molecule has 0 atom stereocenters. The van der Waals surface area contributed by atoms with Crippen molar-refractivity contribution in [2.24, 2.45) is 0 Å². The van der Waals surface area contributed by atoms with E-state index >= 15 is 0 Å². The van der Waals surface area contributed by atoms with Gasteiger partial charge in [-0.3, -0.25) is 4.72 Å². The van der Waals surface area contributed by atoms with Crippen molar-refractivity contribution in [3.8, 4) is 0 Å². The molecule has 0 unspecified atom stereocenters. The third-order valence-electron chi connectivity index (χ3n) is 3.35. The first-order chi connectivity index (χ1) is 12.5. The lowest BCUT2D eigenvalue weighted by Crippen LogP contribution is -2.15. The van der Waals surface area contributed by atoms with Crippen LogP contribution in [0.4, 0.5) is 5.13 Å². The highest BCUT2D eigenvalue weighted by Gasteiger charge is 2.16. The molecule has 2 aromatic carbocycles. The van der Waals surface area contributed by atoms with Crippen LogP contribution in [0.3, 0.4) is 0 Å². The minimum atomic E-state index is -3.59. The summed E-state index contributed by atoms with van der Waals surface area (Å²) in [5, 5.41) is 9.45. The summed E-state index contributed by atoms with van der Waals surface area (Å²) >= 11 is 8.98. The van der Waals surface area contributed by atoms with Gasteiger partial charge in [0.25, 0.3) is 0 Å². The van der Waals surface area contributed by atoms with E-state index < -0.39 is 10.0 Å². The Bertz CT molecular complexity index is 962. The molecular weight excluding hydrogens is 410 g/mol. The Kier molecular flexibility index (Phi) is 6.53. The van der Waals surface area contributed by atoms with Crippen molar-refractivity contribution in [1.29, 1.82) is 0 Å². The molecule has 9 heteroatoms. The highest BCUT2D eigenvalue weighted by Crippen LogP contribution is 2.24. The van der Waals surface area contributed by atoms with Crippen LogP contribution in [0, 0.1) is 0 Å². The summed E-state index contributed by atoms with van der Waals surface area (Å²) in [6.07, 6.45) is 0. The van der Waals surface area contributed by atoms with Crippen molar-refractivity contribution in [2.75, 3.05) is 4.72 Å². The summed E-state index contributed by atoms with van der Waals surface area (Å²) in [7, 11) is -3.59. The van der Waals surface area contributed by atoms with Gasteiger partial charge >= 0.3 is 0 Å². The number of hydrogen-bond acceptors (Lipinski definition) is 6. The van der Waals surface area contributed by atoms with E-state index in [1.807, 2.05) is 18.2 Å². The van der Waals surface area contributed by atoms with Crippen molar-refractivity contribution in [3.05, 3.63) is 75.8 Å². The number of hydrogen-bond donors (Lipinski definition) is 1. The van der Waals surface area contributed by atoms with Gasteiger partial charge in [-0.1, -0.05) is 71.5 Å². The van der Waals surface area contributed by atoms with Gasteiger partial charge in [0.15, 0.2) is 0 Å². The first-order valence-corrected chi connectivity index (χ1v) is 11.7. The zero-order valence-electron chi connectivity index (χ0n) is 13.6. The Morgan fingerprint density at radius 1 is 1.00 bits per heavy atom. The Morgan fingerprint density at radius 2 is 1.73 bits per heavy atom. The number of rotatable bonds is 8. The van der Waals surface area contributed by atoms with E-state index in [0.717, 1.165) is 10.8 Å². The largest absolute Gasteiger partial charge is 0.257 e. The molecule has 0 amide bonds. The Hall–Kier alpha value is -1.61. The summed E-state index contributed by atoms with van der Waals surface area (Å²) in [6.45, 7) is 0. The van der Waals surface area contributed by atoms with Gasteiger partial charge in [0, 0.05) is 16.5 Å². The summed E-state index contributed by atoms with van der Waals surface area (Å²) in [4.78, 5) is 0. The fourth-order valence-corrected chi connectivity index (χ4v) is 5.68. The van der Waals surface area contributed by atoms with Crippen LogP contribution in [0.15, 0.2) is 54.6 Å². The molecule has 1 heterocycles. The molecule has 1 aromatic heterocycles. The predicted molar refractivity (Wildman–Crippen MR) is 109 cm³/mol. The molecule has 3 rings (SSSR count). The van der Waals surface area contributed by atoms with Gasteiger partial charge in [0.1, 0.15) is 5.01 Å². The molecule has 1 N–H and O–H groups in total. The number of benzene rings is 2. The average molecular weight is 426 g/mol. The van der Waals surface area contributed by atoms with E-state index in [9.17, 15) is 8.42 Å². The topological polar surface area (TPSA) is 72.0 Å². The van der Waals surface area contributed by atoms with E-state index in [4.69, 9.17) is 11.6 Å². The minimum absolute atomic E-state index is 0.204. The maximum absolute atomic E-state index is 12.3. The number of nitrogens with one attached hydrogen (secondary N) is 1. The van der Waals surface area contributed by atoms with Crippen LogP contribution < -0.4 is 4.72 Å². The van der Waals surface area contributed by atoms with Crippen molar-refractivity contribution in [2.45, 2.75) is 17.3 Å². The molecular formula is C17H16ClN3O2S3. The monoisotopic (exact) mass is 425 g/mol. The van der Waals surface area contributed by atoms with Crippen LogP contribution in [0.5, 0.6) is 0 Å². The molecule has 0 radical (unpaired) electrons. The third kappa shape index (κ3) is 5.70. The zero-order chi connectivity index (χ0) is 18.4. The van der Waals surface area contributed by atoms with Crippen molar-refractivity contribution in [3.63, 3.8) is 0 Å². The molecule has 26 heavy (non-hydrogen) atoms. The molecule has 0 bridgehead atoms. The highest BCUT2D eigenvalue weighted by molar-refractivity contribution is 7.97. The Morgan fingerprint density at radius 3 is 2.50 bits per heavy atom. The molecule has 0 aliphatic carbocycles. The molecule has 0 aliphatic rings. The molecule has 0 fully saturated rings. The maximum Gasteiger partial charge on any atom is 0.238 e. The predicted octanol–water partition coefficient (Wildman–Crippen LogP) is 4.57. The van der Waals surface area contributed by atoms with Gasteiger partial charge in [-0.2, -0.15) is 0 Å². The van der Waals surface area contributed by atoms with Crippen LogP contribution >= 0.6 is 34.7 Å². The summed E-state index contributed by atoms with van der Waals surface area (Å²) in [5.74, 6) is 1.34. The molecule has 0 spiro atoms. The second-order valence-electron chi connectivity index (χ2n) is 5.43. The van der Waals surface area contributed by atoms with Crippen molar-refractivity contribution >= 4 is 49.9 Å². The van der Waals surface area contributed by atoms with Gasteiger partial charge < -0.3 is 0 Å². The van der Waals surface area contributed by atoms with E-state index in [1.165, 1.54) is 16.9 Å². The SMILES string of the molecule is O=S(=O)(Cc1ccccc1Cl)Nc1nnc(CSCc2ccccc2)s1. The number of aromatic nitrogens is 2. The summed E-state index contributed by atoms with van der Waals surface area (Å²) in [5.41, 5.74) is 1.78. The summed E-state index contributed by atoms with van der Waals surface area (Å²) < 4.78 is 27.1. The minimum Gasteiger partial charge on any atom is -0.257 e. The lowest BCUT2D eigenvalue weighted by molar-refractivity contribution is 0.600. The fraction of sp³-hybridized carbons (Fsp3) is 0.176. The van der Waals surface area contributed by atoms with E-state index in [2.05, 4.69) is 27.1 Å². The zero-order valence-corrected chi connectivity index (χ0v) is 16.8. The Balaban J connectivity index is 1.55. The van der Waals surface area contributed by atoms with Crippen LogP contribution in [-0.2, 0) is 27.3 Å². The number of thioether (sulfide) groups is 1. The van der Waals surface area contributed by atoms with Crippen LogP contribution in [0.1, 0.15) is 16.1 Å². The maximum atomic E-state index is 12.3. The molecule has 5 nitrogen and oxygen atoms in total. The van der Waals surface area contributed by atoms with Crippen LogP contribution in [-0.4, -0.2) is 18.6 Å². The van der Waals surface area contributed by atoms with Gasteiger partial charge in [0.05, 0.1) is 5.75 Å². The first kappa shape index (κ1) is 19.2. The van der Waals surface area contributed by atoms with E-state index in [0.29, 0.717) is 16.3 Å². The molecule has 3 aromatic rings. The lowest BCUT2D eigenvalue weighted by atomic mass is 10.2. The van der Waals surface area contributed by atoms with E-state index in [1.54, 1.807) is 36.0 Å².